The Morgan fingerprint density at radius 1 is 1.38 bits per heavy atom. The van der Waals surface area contributed by atoms with Gasteiger partial charge in [0, 0.05) is 44.5 Å². The van der Waals surface area contributed by atoms with E-state index in [2.05, 4.69) is 20.6 Å². The molecule has 130 valence electrons. The number of rotatable bonds is 6. The lowest BCUT2D eigenvalue weighted by atomic mass is 9.96. The minimum Gasteiger partial charge on any atom is -0.356 e. The molecule has 24 heavy (non-hydrogen) atoms. The average molecular weight is 443 g/mol. The lowest BCUT2D eigenvalue weighted by molar-refractivity contribution is 0.604. The number of hydrogen-bond donors (Lipinski definition) is 2. The second-order valence-electron chi connectivity index (χ2n) is 5.94. The molecular formula is C17H23FIN5. The maximum atomic E-state index is 13.4. The summed E-state index contributed by atoms with van der Waals surface area (Å²) in [5, 5.41) is 6.65. The highest BCUT2D eigenvalue weighted by Crippen LogP contribution is 2.47. The summed E-state index contributed by atoms with van der Waals surface area (Å²) >= 11 is 0. The van der Waals surface area contributed by atoms with Crippen LogP contribution in [0.5, 0.6) is 0 Å². The number of nitrogens with zero attached hydrogens (tertiary/aromatic N) is 3. The number of aliphatic imine (C=N–C) groups is 1. The summed E-state index contributed by atoms with van der Waals surface area (Å²) in [6, 6.07) is 6.92. The third kappa shape index (κ3) is 4.68. The van der Waals surface area contributed by atoms with Gasteiger partial charge in [-0.2, -0.15) is 0 Å². The largest absolute Gasteiger partial charge is 0.356 e. The fraction of sp³-hybridized carbons (Fsp3) is 0.412. The number of aromatic nitrogens is 2. The van der Waals surface area contributed by atoms with Gasteiger partial charge in [0.15, 0.2) is 5.96 Å². The van der Waals surface area contributed by atoms with E-state index < -0.39 is 0 Å². The molecule has 0 amide bonds. The van der Waals surface area contributed by atoms with Crippen LogP contribution in [0.4, 0.5) is 4.39 Å². The molecule has 0 unspecified atom stereocenters. The minimum atomic E-state index is -0.170. The quantitative estimate of drug-likeness (QED) is 0.410. The Labute approximate surface area is 158 Å². The van der Waals surface area contributed by atoms with Gasteiger partial charge in [0.25, 0.3) is 0 Å². The van der Waals surface area contributed by atoms with Crippen molar-refractivity contribution < 1.29 is 4.39 Å². The normalized spacial score (nSPS) is 15.5. The van der Waals surface area contributed by atoms with E-state index in [0.717, 1.165) is 44.0 Å². The molecule has 0 radical (unpaired) electrons. The predicted octanol–water partition coefficient (Wildman–Crippen LogP) is 2.54. The van der Waals surface area contributed by atoms with Gasteiger partial charge in [-0.1, -0.05) is 12.1 Å². The van der Waals surface area contributed by atoms with Crippen LogP contribution in [0.2, 0.25) is 0 Å². The molecule has 0 atom stereocenters. The third-order valence-corrected chi connectivity index (χ3v) is 4.33. The first-order chi connectivity index (χ1) is 11.2. The number of nitrogens with one attached hydrogen (secondary N) is 2. The Kier molecular flexibility index (Phi) is 6.59. The van der Waals surface area contributed by atoms with Crippen molar-refractivity contribution in [1.29, 1.82) is 0 Å². The standard InChI is InChI=1S/C17H22FN5.HI/c1-19-16(21-8-10-23-9-7-20-13-23)22-12-17(5-6-17)14-3-2-4-15(18)11-14;/h2-4,7,9,11,13H,5-6,8,10,12H2,1H3,(H2,19,21,22);1H. The van der Waals surface area contributed by atoms with Gasteiger partial charge in [0.05, 0.1) is 6.33 Å². The molecule has 2 aromatic rings. The molecule has 7 heteroatoms. The van der Waals surface area contributed by atoms with Crippen molar-refractivity contribution >= 4 is 29.9 Å². The SMILES string of the molecule is CN=C(NCCn1ccnc1)NCC1(c2cccc(F)c2)CC1.I. The summed E-state index contributed by atoms with van der Waals surface area (Å²) in [5.41, 5.74) is 1.11. The number of hydrogen-bond acceptors (Lipinski definition) is 2. The van der Waals surface area contributed by atoms with E-state index >= 15 is 0 Å². The molecular weight excluding hydrogens is 420 g/mol. The van der Waals surface area contributed by atoms with Gasteiger partial charge in [0.2, 0.25) is 0 Å². The van der Waals surface area contributed by atoms with E-state index in [1.165, 1.54) is 6.07 Å². The highest BCUT2D eigenvalue weighted by Gasteiger charge is 2.44. The van der Waals surface area contributed by atoms with Gasteiger partial charge in [-0.15, -0.1) is 24.0 Å². The minimum absolute atomic E-state index is 0. The average Bonchev–Trinajstić information content (AvgIpc) is 3.18. The first-order valence-corrected chi connectivity index (χ1v) is 7.88. The van der Waals surface area contributed by atoms with Crippen molar-refractivity contribution in [3.05, 3.63) is 54.4 Å². The second-order valence-corrected chi connectivity index (χ2v) is 5.94. The summed E-state index contributed by atoms with van der Waals surface area (Å²) in [5.74, 6) is 0.601. The van der Waals surface area contributed by atoms with Crippen LogP contribution < -0.4 is 10.6 Å². The monoisotopic (exact) mass is 443 g/mol. The van der Waals surface area contributed by atoms with Crippen molar-refractivity contribution in [2.24, 2.45) is 4.99 Å². The summed E-state index contributed by atoms with van der Waals surface area (Å²) < 4.78 is 15.4. The molecule has 5 nitrogen and oxygen atoms in total. The molecule has 1 aliphatic rings. The number of benzene rings is 1. The highest BCUT2D eigenvalue weighted by molar-refractivity contribution is 14.0. The summed E-state index contributed by atoms with van der Waals surface area (Å²) in [6.07, 6.45) is 7.65. The van der Waals surface area contributed by atoms with Crippen LogP contribution in [0, 0.1) is 5.82 Å². The van der Waals surface area contributed by atoms with Gasteiger partial charge < -0.3 is 15.2 Å². The van der Waals surface area contributed by atoms with Crippen molar-refractivity contribution in [2.45, 2.75) is 24.8 Å². The molecule has 2 N–H and O–H groups in total. The fourth-order valence-electron chi connectivity index (χ4n) is 2.73. The molecule has 1 aromatic carbocycles. The number of guanidine groups is 1. The molecule has 0 saturated heterocycles. The van der Waals surface area contributed by atoms with E-state index in [-0.39, 0.29) is 35.2 Å². The topological polar surface area (TPSA) is 54.2 Å². The maximum absolute atomic E-state index is 13.4. The van der Waals surface area contributed by atoms with Crippen LogP contribution in [-0.4, -0.2) is 35.6 Å². The number of halogens is 2. The van der Waals surface area contributed by atoms with Crippen LogP contribution in [-0.2, 0) is 12.0 Å². The van der Waals surface area contributed by atoms with Crippen LogP contribution in [0.15, 0.2) is 48.0 Å². The molecule has 1 saturated carbocycles. The molecule has 0 bridgehead atoms. The van der Waals surface area contributed by atoms with Crippen molar-refractivity contribution in [2.75, 3.05) is 20.1 Å². The zero-order valence-corrected chi connectivity index (χ0v) is 16.0. The summed E-state index contributed by atoms with van der Waals surface area (Å²) in [6.45, 7) is 2.36. The van der Waals surface area contributed by atoms with Crippen molar-refractivity contribution in [3.8, 4) is 0 Å². The summed E-state index contributed by atoms with van der Waals surface area (Å²) in [7, 11) is 1.76. The second kappa shape index (κ2) is 8.46. The first kappa shape index (κ1) is 18.7. The fourth-order valence-corrected chi connectivity index (χ4v) is 2.73. The lowest BCUT2D eigenvalue weighted by Crippen LogP contribution is -2.42. The van der Waals surface area contributed by atoms with E-state index in [9.17, 15) is 4.39 Å². The molecule has 1 aliphatic carbocycles. The molecule has 1 heterocycles. The number of imidazole rings is 1. The Morgan fingerprint density at radius 2 is 2.21 bits per heavy atom. The Bertz CT molecular complexity index is 667. The van der Waals surface area contributed by atoms with Crippen LogP contribution in [0.1, 0.15) is 18.4 Å². The highest BCUT2D eigenvalue weighted by atomic mass is 127. The molecule has 0 spiro atoms. The Hall–Kier alpha value is -1.64. The smallest absolute Gasteiger partial charge is 0.191 e. The van der Waals surface area contributed by atoms with Gasteiger partial charge in [-0.3, -0.25) is 4.99 Å². The van der Waals surface area contributed by atoms with Gasteiger partial charge in [-0.05, 0) is 30.5 Å². The Morgan fingerprint density at radius 3 is 2.83 bits per heavy atom. The molecule has 0 aliphatic heterocycles. The predicted molar refractivity (Wildman–Crippen MR) is 104 cm³/mol. The zero-order chi connectivity index (χ0) is 16.1. The lowest BCUT2D eigenvalue weighted by Gasteiger charge is -2.19. The first-order valence-electron chi connectivity index (χ1n) is 7.88. The van der Waals surface area contributed by atoms with E-state index in [1.807, 2.05) is 16.8 Å². The summed E-state index contributed by atoms with van der Waals surface area (Å²) in [4.78, 5) is 8.26. The van der Waals surface area contributed by atoms with Gasteiger partial charge in [0.1, 0.15) is 5.82 Å². The molecule has 3 rings (SSSR count). The molecule has 1 fully saturated rings. The van der Waals surface area contributed by atoms with Gasteiger partial charge in [-0.25, -0.2) is 9.37 Å². The van der Waals surface area contributed by atoms with Crippen LogP contribution >= 0.6 is 24.0 Å². The third-order valence-electron chi connectivity index (χ3n) is 4.33. The molecule has 1 aromatic heterocycles. The van der Waals surface area contributed by atoms with E-state index in [0.29, 0.717) is 0 Å². The van der Waals surface area contributed by atoms with E-state index in [4.69, 9.17) is 0 Å². The van der Waals surface area contributed by atoms with E-state index in [1.54, 1.807) is 31.7 Å². The van der Waals surface area contributed by atoms with Gasteiger partial charge >= 0.3 is 0 Å². The van der Waals surface area contributed by atoms with Crippen molar-refractivity contribution in [1.82, 2.24) is 20.2 Å². The van der Waals surface area contributed by atoms with Crippen molar-refractivity contribution in [3.63, 3.8) is 0 Å². The maximum Gasteiger partial charge on any atom is 0.191 e. The van der Waals surface area contributed by atoms with Crippen LogP contribution in [0.3, 0.4) is 0 Å². The van der Waals surface area contributed by atoms with Crippen LogP contribution in [0.25, 0.3) is 0 Å². The Balaban J connectivity index is 0.00000208. The zero-order valence-electron chi connectivity index (χ0n) is 13.7.